The molecule has 1 amide bonds. The zero-order valence-electron chi connectivity index (χ0n) is 10.3. The van der Waals surface area contributed by atoms with Crippen LogP contribution in [0, 0.1) is 0 Å². The second kappa shape index (κ2) is 6.15. The Balaban J connectivity index is 2.03. The van der Waals surface area contributed by atoms with Crippen molar-refractivity contribution >= 4 is 28.5 Å². The molecule has 0 aliphatic heterocycles. The van der Waals surface area contributed by atoms with Gasteiger partial charge in [-0.1, -0.05) is 6.07 Å². The van der Waals surface area contributed by atoms with Gasteiger partial charge in [0.2, 0.25) is 5.91 Å². The van der Waals surface area contributed by atoms with Gasteiger partial charge in [0, 0.05) is 33.7 Å². The van der Waals surface area contributed by atoms with Gasteiger partial charge in [0.05, 0.1) is 6.26 Å². The number of hydrogen-bond donors (Lipinski definition) is 1. The highest BCUT2D eigenvalue weighted by Gasteiger charge is 2.01. The van der Waals surface area contributed by atoms with Crippen molar-refractivity contribution in [3.8, 4) is 0 Å². The molecule has 0 aliphatic rings. The van der Waals surface area contributed by atoms with E-state index >= 15 is 0 Å². The van der Waals surface area contributed by atoms with Gasteiger partial charge in [-0.05, 0) is 36.4 Å². The van der Waals surface area contributed by atoms with E-state index in [0.29, 0.717) is 16.3 Å². The fraction of sp³-hybridized carbons (Fsp3) is 0.0714. The summed E-state index contributed by atoms with van der Waals surface area (Å²) in [6, 6.07) is 10.4. The van der Waals surface area contributed by atoms with E-state index in [-0.39, 0.29) is 5.91 Å². The number of carbonyl (C=O) groups excluding carboxylic acids is 1. The maximum Gasteiger partial charge on any atom is 0.248 e. The van der Waals surface area contributed by atoms with Gasteiger partial charge in [-0.15, -0.1) is 0 Å². The maximum atomic E-state index is 11.7. The molecule has 2 rings (SSSR count). The molecular formula is C14H13NO3S. The van der Waals surface area contributed by atoms with Gasteiger partial charge >= 0.3 is 0 Å². The van der Waals surface area contributed by atoms with Crippen molar-refractivity contribution < 1.29 is 13.4 Å². The molecule has 19 heavy (non-hydrogen) atoms. The molecule has 0 radical (unpaired) electrons. The van der Waals surface area contributed by atoms with Crippen LogP contribution in [0.4, 0.5) is 5.69 Å². The monoisotopic (exact) mass is 275 g/mol. The molecule has 2 aromatic rings. The van der Waals surface area contributed by atoms with Gasteiger partial charge in [-0.2, -0.15) is 0 Å². The number of rotatable bonds is 4. The van der Waals surface area contributed by atoms with E-state index in [1.54, 1.807) is 48.7 Å². The van der Waals surface area contributed by atoms with Crippen LogP contribution < -0.4 is 5.32 Å². The van der Waals surface area contributed by atoms with Crippen LogP contribution in [-0.4, -0.2) is 16.4 Å². The third-order valence-electron chi connectivity index (χ3n) is 2.38. The summed E-state index contributed by atoms with van der Waals surface area (Å²) in [4.78, 5) is 12.3. The summed E-state index contributed by atoms with van der Waals surface area (Å²) in [7, 11) is -1.07. The summed E-state index contributed by atoms with van der Waals surface area (Å²) in [5.41, 5.74) is 0.613. The highest BCUT2D eigenvalue weighted by atomic mass is 32.2. The van der Waals surface area contributed by atoms with Gasteiger partial charge in [0.1, 0.15) is 5.76 Å². The van der Waals surface area contributed by atoms with E-state index < -0.39 is 10.8 Å². The summed E-state index contributed by atoms with van der Waals surface area (Å²) < 4.78 is 16.4. The SMILES string of the molecule is CS(=O)c1cccc(NC(=O)/C=C/c2ccco2)c1. The van der Waals surface area contributed by atoms with Crippen molar-refractivity contribution in [3.63, 3.8) is 0 Å². The van der Waals surface area contributed by atoms with Crippen molar-refractivity contribution in [2.45, 2.75) is 4.90 Å². The first-order valence-corrected chi connectivity index (χ1v) is 7.17. The molecule has 5 heteroatoms. The van der Waals surface area contributed by atoms with Crippen LogP contribution in [0.3, 0.4) is 0 Å². The lowest BCUT2D eigenvalue weighted by Gasteiger charge is -2.03. The van der Waals surface area contributed by atoms with E-state index in [0.717, 1.165) is 0 Å². The first kappa shape index (κ1) is 13.3. The molecule has 1 aromatic heterocycles. The van der Waals surface area contributed by atoms with E-state index in [1.807, 2.05) is 0 Å². The van der Waals surface area contributed by atoms with Crippen molar-refractivity contribution in [2.24, 2.45) is 0 Å². The minimum atomic E-state index is -1.07. The predicted molar refractivity (Wildman–Crippen MR) is 75.1 cm³/mol. The molecule has 1 unspecified atom stereocenters. The van der Waals surface area contributed by atoms with Crippen molar-refractivity contribution in [3.05, 3.63) is 54.5 Å². The second-order valence-electron chi connectivity index (χ2n) is 3.82. The van der Waals surface area contributed by atoms with Gasteiger partial charge < -0.3 is 9.73 Å². The molecule has 1 N–H and O–H groups in total. The van der Waals surface area contributed by atoms with Crippen LogP contribution in [0.5, 0.6) is 0 Å². The average molecular weight is 275 g/mol. The molecular weight excluding hydrogens is 262 g/mol. The number of carbonyl (C=O) groups is 1. The Morgan fingerprint density at radius 1 is 1.32 bits per heavy atom. The Morgan fingerprint density at radius 2 is 2.16 bits per heavy atom. The number of furan rings is 1. The lowest BCUT2D eigenvalue weighted by atomic mass is 10.3. The van der Waals surface area contributed by atoms with Crippen LogP contribution in [0.25, 0.3) is 6.08 Å². The van der Waals surface area contributed by atoms with E-state index in [4.69, 9.17) is 4.42 Å². The molecule has 0 aliphatic carbocycles. The Morgan fingerprint density at radius 3 is 2.84 bits per heavy atom. The number of nitrogens with one attached hydrogen (secondary N) is 1. The van der Waals surface area contributed by atoms with Crippen LogP contribution in [-0.2, 0) is 15.6 Å². The molecule has 0 saturated heterocycles. The molecule has 4 nitrogen and oxygen atoms in total. The third kappa shape index (κ3) is 3.93. The topological polar surface area (TPSA) is 59.3 Å². The lowest BCUT2D eigenvalue weighted by Crippen LogP contribution is -2.07. The van der Waals surface area contributed by atoms with Crippen molar-refractivity contribution in [1.82, 2.24) is 0 Å². The number of anilines is 1. The summed E-state index contributed by atoms with van der Waals surface area (Å²) >= 11 is 0. The van der Waals surface area contributed by atoms with Crippen molar-refractivity contribution in [1.29, 1.82) is 0 Å². The zero-order chi connectivity index (χ0) is 13.7. The van der Waals surface area contributed by atoms with Crippen LogP contribution in [0.15, 0.2) is 58.1 Å². The average Bonchev–Trinajstić information content (AvgIpc) is 2.90. The minimum absolute atomic E-state index is 0.268. The van der Waals surface area contributed by atoms with Crippen LogP contribution in [0.1, 0.15) is 5.76 Å². The molecule has 0 fully saturated rings. The predicted octanol–water partition coefficient (Wildman–Crippen LogP) is 2.67. The number of amides is 1. The first-order chi connectivity index (χ1) is 9.15. The van der Waals surface area contributed by atoms with Crippen LogP contribution >= 0.6 is 0 Å². The molecule has 0 saturated carbocycles. The molecule has 0 bridgehead atoms. The van der Waals surface area contributed by atoms with Gasteiger partial charge in [-0.3, -0.25) is 9.00 Å². The van der Waals surface area contributed by atoms with Crippen molar-refractivity contribution in [2.75, 3.05) is 11.6 Å². The number of benzene rings is 1. The Labute approximate surface area is 113 Å². The molecule has 0 spiro atoms. The molecule has 1 atom stereocenters. The Bertz CT molecular complexity index is 617. The highest BCUT2D eigenvalue weighted by molar-refractivity contribution is 7.84. The Kier molecular flexibility index (Phi) is 4.30. The minimum Gasteiger partial charge on any atom is -0.465 e. The summed E-state index contributed by atoms with van der Waals surface area (Å²) in [5, 5.41) is 2.70. The molecule has 98 valence electrons. The second-order valence-corrected chi connectivity index (χ2v) is 5.20. The maximum absolute atomic E-state index is 11.7. The standard InChI is InChI=1S/C14H13NO3S/c1-19(17)13-6-2-4-11(10-13)15-14(16)8-7-12-5-3-9-18-12/h2-10H,1H3,(H,15,16)/b8-7+. The molecule has 1 heterocycles. The van der Waals surface area contributed by atoms with E-state index in [1.165, 1.54) is 12.3 Å². The van der Waals surface area contributed by atoms with Gasteiger partial charge in [0.15, 0.2) is 0 Å². The normalized spacial score (nSPS) is 12.5. The lowest BCUT2D eigenvalue weighted by molar-refractivity contribution is -0.111. The van der Waals surface area contributed by atoms with E-state index in [2.05, 4.69) is 5.32 Å². The van der Waals surface area contributed by atoms with E-state index in [9.17, 15) is 9.00 Å². The highest BCUT2D eigenvalue weighted by Crippen LogP contribution is 2.13. The smallest absolute Gasteiger partial charge is 0.248 e. The summed E-state index contributed by atoms with van der Waals surface area (Å²) in [6.45, 7) is 0. The third-order valence-corrected chi connectivity index (χ3v) is 3.29. The quantitative estimate of drug-likeness (QED) is 0.873. The Hall–Kier alpha value is -2.14. The van der Waals surface area contributed by atoms with Crippen LogP contribution in [0.2, 0.25) is 0 Å². The largest absolute Gasteiger partial charge is 0.465 e. The summed E-state index contributed by atoms with van der Waals surface area (Å²) in [6.07, 6.45) is 6.10. The van der Waals surface area contributed by atoms with Gasteiger partial charge in [-0.25, -0.2) is 0 Å². The summed E-state index contributed by atoms with van der Waals surface area (Å²) in [5.74, 6) is 0.342. The first-order valence-electron chi connectivity index (χ1n) is 5.61. The number of hydrogen-bond acceptors (Lipinski definition) is 3. The molecule has 1 aromatic carbocycles. The van der Waals surface area contributed by atoms with Gasteiger partial charge in [0.25, 0.3) is 0 Å². The zero-order valence-corrected chi connectivity index (χ0v) is 11.1. The fourth-order valence-corrected chi connectivity index (χ4v) is 2.04. The fourth-order valence-electron chi connectivity index (χ4n) is 1.48.